The Labute approximate surface area is 110 Å². The summed E-state index contributed by atoms with van der Waals surface area (Å²) in [5.74, 6) is 0.0191. The standard InChI is InChI=1S/C14H14N2OS/c17-14(12-9-18-10-15-12)16-8-4-3-6-11-5-1-2-7-13(11)16/h1-2,5,7,9-10H,3-4,6,8H2. The van der Waals surface area contributed by atoms with Crippen molar-refractivity contribution in [2.45, 2.75) is 19.3 Å². The number of fused-ring (bicyclic) bond motifs is 1. The van der Waals surface area contributed by atoms with E-state index in [0.29, 0.717) is 5.69 Å². The monoisotopic (exact) mass is 258 g/mol. The molecule has 3 nitrogen and oxygen atoms in total. The molecule has 0 atom stereocenters. The number of rotatable bonds is 1. The van der Waals surface area contributed by atoms with Crippen molar-refractivity contribution in [1.82, 2.24) is 4.98 Å². The van der Waals surface area contributed by atoms with Crippen LogP contribution in [0, 0.1) is 0 Å². The molecule has 92 valence electrons. The second-order valence-electron chi connectivity index (χ2n) is 4.42. The third-order valence-electron chi connectivity index (χ3n) is 3.26. The van der Waals surface area contributed by atoms with Crippen molar-refractivity contribution < 1.29 is 4.79 Å². The summed E-state index contributed by atoms with van der Waals surface area (Å²) in [4.78, 5) is 18.4. The maximum atomic E-state index is 12.4. The zero-order chi connectivity index (χ0) is 12.4. The normalized spacial score (nSPS) is 15.0. The van der Waals surface area contributed by atoms with E-state index in [4.69, 9.17) is 0 Å². The molecule has 1 aliphatic rings. The van der Waals surface area contributed by atoms with Gasteiger partial charge < -0.3 is 4.90 Å². The molecule has 4 heteroatoms. The number of thiazole rings is 1. The van der Waals surface area contributed by atoms with Gasteiger partial charge in [-0.1, -0.05) is 18.2 Å². The third kappa shape index (κ3) is 2.04. The quantitative estimate of drug-likeness (QED) is 0.787. The van der Waals surface area contributed by atoms with Crippen LogP contribution in [0.4, 0.5) is 5.69 Å². The Hall–Kier alpha value is -1.68. The van der Waals surface area contributed by atoms with Crippen molar-refractivity contribution in [1.29, 1.82) is 0 Å². The zero-order valence-electron chi connectivity index (χ0n) is 10.0. The highest BCUT2D eigenvalue weighted by molar-refractivity contribution is 7.07. The predicted octanol–water partition coefficient (Wildman–Crippen LogP) is 3.13. The van der Waals surface area contributed by atoms with Crippen LogP contribution >= 0.6 is 11.3 Å². The molecule has 0 unspecified atom stereocenters. The van der Waals surface area contributed by atoms with E-state index in [1.807, 2.05) is 28.5 Å². The van der Waals surface area contributed by atoms with E-state index in [2.05, 4.69) is 11.1 Å². The van der Waals surface area contributed by atoms with Gasteiger partial charge in [0.1, 0.15) is 5.69 Å². The largest absolute Gasteiger partial charge is 0.307 e. The van der Waals surface area contributed by atoms with Gasteiger partial charge in [-0.05, 0) is 30.9 Å². The topological polar surface area (TPSA) is 33.2 Å². The van der Waals surface area contributed by atoms with Gasteiger partial charge in [0, 0.05) is 17.6 Å². The second-order valence-corrected chi connectivity index (χ2v) is 5.13. The Bertz CT molecular complexity index is 551. The van der Waals surface area contributed by atoms with E-state index in [1.165, 1.54) is 16.9 Å². The van der Waals surface area contributed by atoms with Crippen LogP contribution in [0.25, 0.3) is 0 Å². The minimum absolute atomic E-state index is 0.0191. The molecule has 2 aromatic rings. The Kier molecular flexibility index (Phi) is 3.11. The van der Waals surface area contributed by atoms with Crippen molar-refractivity contribution in [2.75, 3.05) is 11.4 Å². The lowest BCUT2D eigenvalue weighted by Gasteiger charge is -2.21. The number of anilines is 1. The fourth-order valence-corrected chi connectivity index (χ4v) is 2.88. The Morgan fingerprint density at radius 3 is 3.00 bits per heavy atom. The highest BCUT2D eigenvalue weighted by Gasteiger charge is 2.22. The third-order valence-corrected chi connectivity index (χ3v) is 3.84. The molecule has 0 bridgehead atoms. The summed E-state index contributed by atoms with van der Waals surface area (Å²) in [6.07, 6.45) is 3.24. The van der Waals surface area contributed by atoms with Gasteiger partial charge >= 0.3 is 0 Å². The van der Waals surface area contributed by atoms with E-state index in [-0.39, 0.29) is 5.91 Å². The number of carbonyl (C=O) groups is 1. The molecule has 0 saturated heterocycles. The van der Waals surface area contributed by atoms with Crippen molar-refractivity contribution in [3.8, 4) is 0 Å². The van der Waals surface area contributed by atoms with Gasteiger partial charge in [0.15, 0.2) is 0 Å². The molecule has 0 aliphatic carbocycles. The molecule has 1 aromatic heterocycles. The lowest BCUT2D eigenvalue weighted by molar-refractivity contribution is 0.0983. The predicted molar refractivity (Wildman–Crippen MR) is 73.2 cm³/mol. The van der Waals surface area contributed by atoms with Gasteiger partial charge in [-0.15, -0.1) is 11.3 Å². The van der Waals surface area contributed by atoms with Crippen LogP contribution in [0.1, 0.15) is 28.9 Å². The fraction of sp³-hybridized carbons (Fsp3) is 0.286. The number of nitrogens with zero attached hydrogens (tertiary/aromatic N) is 2. The Morgan fingerprint density at radius 2 is 2.17 bits per heavy atom. The van der Waals surface area contributed by atoms with Crippen LogP contribution in [-0.4, -0.2) is 17.4 Å². The number of carbonyl (C=O) groups excluding carboxylic acids is 1. The van der Waals surface area contributed by atoms with E-state index < -0.39 is 0 Å². The molecular weight excluding hydrogens is 244 g/mol. The van der Waals surface area contributed by atoms with E-state index in [1.54, 1.807) is 5.51 Å². The highest BCUT2D eigenvalue weighted by atomic mass is 32.1. The number of hydrogen-bond donors (Lipinski definition) is 0. The maximum Gasteiger partial charge on any atom is 0.277 e. The fourth-order valence-electron chi connectivity index (χ4n) is 2.36. The molecule has 0 saturated carbocycles. The molecule has 1 aromatic carbocycles. The Balaban J connectivity index is 1.99. The highest BCUT2D eigenvalue weighted by Crippen LogP contribution is 2.27. The van der Waals surface area contributed by atoms with Gasteiger partial charge in [-0.25, -0.2) is 4.98 Å². The van der Waals surface area contributed by atoms with E-state index >= 15 is 0 Å². The van der Waals surface area contributed by atoms with Crippen molar-refractivity contribution >= 4 is 22.9 Å². The first-order chi connectivity index (χ1) is 8.86. The SMILES string of the molecule is O=C(c1cscn1)N1CCCCc2ccccc21. The van der Waals surface area contributed by atoms with Crippen molar-refractivity contribution in [2.24, 2.45) is 0 Å². The minimum atomic E-state index is 0.0191. The summed E-state index contributed by atoms with van der Waals surface area (Å²) in [5.41, 5.74) is 4.57. The average molecular weight is 258 g/mol. The second kappa shape index (κ2) is 4.90. The molecule has 0 fully saturated rings. The summed E-state index contributed by atoms with van der Waals surface area (Å²) >= 11 is 1.46. The van der Waals surface area contributed by atoms with Gasteiger partial charge in [0.05, 0.1) is 5.51 Å². The number of amides is 1. The molecule has 18 heavy (non-hydrogen) atoms. The van der Waals surface area contributed by atoms with E-state index in [9.17, 15) is 4.79 Å². The van der Waals surface area contributed by atoms with Crippen LogP contribution < -0.4 is 4.90 Å². The lowest BCUT2D eigenvalue weighted by atomic mass is 10.1. The smallest absolute Gasteiger partial charge is 0.277 e. The van der Waals surface area contributed by atoms with Crippen LogP contribution in [0.5, 0.6) is 0 Å². The summed E-state index contributed by atoms with van der Waals surface area (Å²) in [7, 11) is 0. The summed E-state index contributed by atoms with van der Waals surface area (Å²) in [6.45, 7) is 0.785. The summed E-state index contributed by atoms with van der Waals surface area (Å²) < 4.78 is 0. The number of aromatic nitrogens is 1. The number of para-hydroxylation sites is 1. The van der Waals surface area contributed by atoms with E-state index in [0.717, 1.165) is 31.5 Å². The van der Waals surface area contributed by atoms with Crippen molar-refractivity contribution in [3.05, 3.63) is 46.4 Å². The van der Waals surface area contributed by atoms with Crippen molar-refractivity contribution in [3.63, 3.8) is 0 Å². The number of benzene rings is 1. The molecule has 3 rings (SSSR count). The van der Waals surface area contributed by atoms with Gasteiger partial charge in [-0.2, -0.15) is 0 Å². The minimum Gasteiger partial charge on any atom is -0.307 e. The molecule has 1 aliphatic heterocycles. The zero-order valence-corrected chi connectivity index (χ0v) is 10.8. The molecular formula is C14H14N2OS. The Morgan fingerprint density at radius 1 is 1.28 bits per heavy atom. The maximum absolute atomic E-state index is 12.4. The molecule has 2 heterocycles. The summed E-state index contributed by atoms with van der Waals surface area (Å²) in [6, 6.07) is 8.17. The first-order valence-corrected chi connectivity index (χ1v) is 7.08. The summed E-state index contributed by atoms with van der Waals surface area (Å²) in [5, 5.41) is 1.82. The van der Waals surface area contributed by atoms with Crippen LogP contribution in [0.3, 0.4) is 0 Å². The van der Waals surface area contributed by atoms with Gasteiger partial charge in [0.25, 0.3) is 5.91 Å². The van der Waals surface area contributed by atoms with Gasteiger partial charge in [0.2, 0.25) is 0 Å². The van der Waals surface area contributed by atoms with Gasteiger partial charge in [-0.3, -0.25) is 4.79 Å². The first kappa shape index (κ1) is 11.4. The molecule has 0 N–H and O–H groups in total. The first-order valence-electron chi connectivity index (χ1n) is 6.14. The van der Waals surface area contributed by atoms with Crippen LogP contribution in [-0.2, 0) is 6.42 Å². The number of hydrogen-bond acceptors (Lipinski definition) is 3. The molecule has 0 radical (unpaired) electrons. The molecule has 0 spiro atoms. The number of aryl methyl sites for hydroxylation is 1. The molecule has 1 amide bonds. The average Bonchev–Trinajstić information content (AvgIpc) is 2.85. The van der Waals surface area contributed by atoms with Crippen LogP contribution in [0.15, 0.2) is 35.2 Å². The lowest BCUT2D eigenvalue weighted by Crippen LogP contribution is -2.31. The van der Waals surface area contributed by atoms with Crippen LogP contribution in [0.2, 0.25) is 0 Å².